The predicted octanol–water partition coefficient (Wildman–Crippen LogP) is 0.809. The summed E-state index contributed by atoms with van der Waals surface area (Å²) in [5.41, 5.74) is 7.38. The third-order valence-corrected chi connectivity index (χ3v) is 2.17. The van der Waals surface area contributed by atoms with Crippen LogP contribution in [0.5, 0.6) is 0 Å². The molecule has 0 amide bonds. The molecule has 0 aliphatic heterocycles. The summed E-state index contributed by atoms with van der Waals surface area (Å²) in [7, 11) is 0. The molecule has 0 aromatic heterocycles. The number of benzene rings is 1. The Morgan fingerprint density at radius 3 is 2.43 bits per heavy atom. The fourth-order valence-electron chi connectivity index (χ4n) is 1.16. The summed E-state index contributed by atoms with van der Waals surface area (Å²) in [5.74, 6) is 0. The Balaban J connectivity index is 2.65. The highest BCUT2D eigenvalue weighted by molar-refractivity contribution is 5.31. The maximum Gasteiger partial charge on any atom is 0.0991 e. The Kier molecular flexibility index (Phi) is 3.63. The van der Waals surface area contributed by atoms with Crippen LogP contribution in [0, 0.1) is 11.3 Å². The van der Waals surface area contributed by atoms with E-state index in [0.717, 1.165) is 5.56 Å². The van der Waals surface area contributed by atoms with Gasteiger partial charge >= 0.3 is 0 Å². The van der Waals surface area contributed by atoms with Crippen LogP contribution >= 0.6 is 0 Å². The van der Waals surface area contributed by atoms with Crippen LogP contribution in [0.2, 0.25) is 0 Å². The molecule has 3 heteroatoms. The maximum absolute atomic E-state index is 9.21. The van der Waals surface area contributed by atoms with E-state index in [-0.39, 0.29) is 6.04 Å². The van der Waals surface area contributed by atoms with E-state index in [0.29, 0.717) is 12.0 Å². The molecule has 1 rings (SSSR count). The molecule has 0 saturated carbocycles. The lowest BCUT2D eigenvalue weighted by Gasteiger charge is -2.14. The second kappa shape index (κ2) is 4.75. The van der Waals surface area contributed by atoms with E-state index in [2.05, 4.69) is 0 Å². The van der Waals surface area contributed by atoms with Crippen molar-refractivity contribution in [2.45, 2.75) is 25.5 Å². The van der Waals surface area contributed by atoms with Crippen LogP contribution in [-0.2, 0) is 6.42 Å². The van der Waals surface area contributed by atoms with Crippen LogP contribution in [0.15, 0.2) is 24.3 Å². The second-order valence-electron chi connectivity index (χ2n) is 3.42. The van der Waals surface area contributed by atoms with Crippen LogP contribution in [0.3, 0.4) is 0 Å². The van der Waals surface area contributed by atoms with Gasteiger partial charge in [0, 0.05) is 6.04 Å². The summed E-state index contributed by atoms with van der Waals surface area (Å²) in [4.78, 5) is 0. The summed E-state index contributed by atoms with van der Waals surface area (Å²) < 4.78 is 0. The molecular formula is C11H14N2O. The first-order valence-corrected chi connectivity index (χ1v) is 4.56. The zero-order valence-electron chi connectivity index (χ0n) is 8.14. The molecule has 0 radical (unpaired) electrons. The van der Waals surface area contributed by atoms with Gasteiger partial charge < -0.3 is 10.8 Å². The van der Waals surface area contributed by atoms with Crippen LogP contribution in [0.1, 0.15) is 18.1 Å². The summed E-state index contributed by atoms with van der Waals surface area (Å²) in [6.07, 6.45) is 0.120. The van der Waals surface area contributed by atoms with Crippen LogP contribution < -0.4 is 5.73 Å². The molecular weight excluding hydrogens is 176 g/mol. The summed E-state index contributed by atoms with van der Waals surface area (Å²) >= 11 is 0. The van der Waals surface area contributed by atoms with Gasteiger partial charge in [-0.15, -0.1) is 0 Å². The van der Waals surface area contributed by atoms with Crippen molar-refractivity contribution in [2.24, 2.45) is 5.73 Å². The number of nitriles is 1. The monoisotopic (exact) mass is 190 g/mol. The van der Waals surface area contributed by atoms with E-state index in [9.17, 15) is 5.11 Å². The molecule has 0 aliphatic rings. The number of hydrogen-bond acceptors (Lipinski definition) is 3. The molecule has 2 atom stereocenters. The second-order valence-corrected chi connectivity index (χ2v) is 3.42. The van der Waals surface area contributed by atoms with Gasteiger partial charge in [0.05, 0.1) is 17.7 Å². The van der Waals surface area contributed by atoms with Crippen molar-refractivity contribution in [3.8, 4) is 6.07 Å². The standard InChI is InChI=1S/C11H14N2O/c1-8(14)11(13)6-9-2-4-10(7-12)5-3-9/h2-5,8,11,14H,6,13H2,1H3/t8-,11-/m1/s1. The van der Waals surface area contributed by atoms with Gasteiger partial charge in [-0.25, -0.2) is 0 Å². The SMILES string of the molecule is C[C@@H](O)[C@H](N)Cc1ccc(C#N)cc1. The highest BCUT2D eigenvalue weighted by Gasteiger charge is 2.09. The average Bonchev–Trinajstić information content (AvgIpc) is 2.19. The highest BCUT2D eigenvalue weighted by atomic mass is 16.3. The summed E-state index contributed by atoms with van der Waals surface area (Å²) in [6.45, 7) is 1.67. The van der Waals surface area contributed by atoms with Gasteiger partial charge in [-0.3, -0.25) is 0 Å². The van der Waals surface area contributed by atoms with E-state index in [1.165, 1.54) is 0 Å². The van der Waals surface area contributed by atoms with E-state index < -0.39 is 6.10 Å². The van der Waals surface area contributed by atoms with E-state index in [1.807, 2.05) is 18.2 Å². The number of aliphatic hydroxyl groups excluding tert-OH is 1. The molecule has 0 saturated heterocycles. The maximum atomic E-state index is 9.21. The Morgan fingerprint density at radius 2 is 2.00 bits per heavy atom. The minimum atomic E-state index is -0.509. The molecule has 0 unspecified atom stereocenters. The molecule has 1 aromatic carbocycles. The largest absolute Gasteiger partial charge is 0.392 e. The van der Waals surface area contributed by atoms with Gasteiger partial charge in [-0.1, -0.05) is 12.1 Å². The summed E-state index contributed by atoms with van der Waals surface area (Å²) in [6, 6.07) is 9.03. The van der Waals surface area contributed by atoms with Crippen LogP contribution in [0.25, 0.3) is 0 Å². The molecule has 0 aliphatic carbocycles. The topological polar surface area (TPSA) is 70.0 Å². The van der Waals surface area contributed by atoms with Gasteiger partial charge in [-0.2, -0.15) is 5.26 Å². The van der Waals surface area contributed by atoms with Crippen molar-refractivity contribution in [1.29, 1.82) is 5.26 Å². The lowest BCUT2D eigenvalue weighted by molar-refractivity contribution is 0.163. The fraction of sp³-hybridized carbons (Fsp3) is 0.364. The van der Waals surface area contributed by atoms with Gasteiger partial charge in [0.1, 0.15) is 0 Å². The molecule has 74 valence electrons. The lowest BCUT2D eigenvalue weighted by atomic mass is 10.0. The molecule has 0 fully saturated rings. The molecule has 3 nitrogen and oxygen atoms in total. The smallest absolute Gasteiger partial charge is 0.0991 e. The predicted molar refractivity (Wildman–Crippen MR) is 54.5 cm³/mol. The van der Waals surface area contributed by atoms with E-state index in [4.69, 9.17) is 11.0 Å². The minimum absolute atomic E-state index is 0.247. The van der Waals surface area contributed by atoms with Crippen LogP contribution in [-0.4, -0.2) is 17.3 Å². The Bertz CT molecular complexity index is 324. The van der Waals surface area contributed by atoms with Crippen molar-refractivity contribution >= 4 is 0 Å². The number of nitrogens with zero attached hydrogens (tertiary/aromatic N) is 1. The third kappa shape index (κ3) is 2.84. The third-order valence-electron chi connectivity index (χ3n) is 2.17. The normalized spacial score (nSPS) is 14.4. The zero-order chi connectivity index (χ0) is 10.6. The number of aliphatic hydroxyl groups is 1. The van der Waals surface area contributed by atoms with E-state index in [1.54, 1.807) is 19.1 Å². The quantitative estimate of drug-likeness (QED) is 0.741. The molecule has 3 N–H and O–H groups in total. The Hall–Kier alpha value is -1.37. The van der Waals surface area contributed by atoms with Gasteiger partial charge in [0.25, 0.3) is 0 Å². The van der Waals surface area contributed by atoms with Crippen molar-refractivity contribution in [3.05, 3.63) is 35.4 Å². The lowest BCUT2D eigenvalue weighted by Crippen LogP contribution is -2.34. The molecule has 1 aromatic rings. The minimum Gasteiger partial charge on any atom is -0.392 e. The molecule has 0 heterocycles. The molecule has 0 spiro atoms. The van der Waals surface area contributed by atoms with Crippen molar-refractivity contribution in [3.63, 3.8) is 0 Å². The van der Waals surface area contributed by atoms with Gasteiger partial charge in [0.2, 0.25) is 0 Å². The molecule has 14 heavy (non-hydrogen) atoms. The van der Waals surface area contributed by atoms with Crippen molar-refractivity contribution in [1.82, 2.24) is 0 Å². The Morgan fingerprint density at radius 1 is 1.43 bits per heavy atom. The number of rotatable bonds is 3. The van der Waals surface area contributed by atoms with Crippen molar-refractivity contribution < 1.29 is 5.11 Å². The first-order chi connectivity index (χ1) is 6.63. The zero-order valence-corrected chi connectivity index (χ0v) is 8.14. The fourth-order valence-corrected chi connectivity index (χ4v) is 1.16. The first kappa shape index (κ1) is 10.7. The average molecular weight is 190 g/mol. The Labute approximate surface area is 83.8 Å². The van der Waals surface area contributed by atoms with Crippen LogP contribution in [0.4, 0.5) is 0 Å². The first-order valence-electron chi connectivity index (χ1n) is 4.56. The van der Waals surface area contributed by atoms with E-state index >= 15 is 0 Å². The number of hydrogen-bond donors (Lipinski definition) is 2. The highest BCUT2D eigenvalue weighted by Crippen LogP contribution is 2.06. The van der Waals surface area contributed by atoms with Gasteiger partial charge in [-0.05, 0) is 31.0 Å². The number of nitrogens with two attached hydrogens (primary N) is 1. The van der Waals surface area contributed by atoms with Gasteiger partial charge in [0.15, 0.2) is 0 Å². The summed E-state index contributed by atoms with van der Waals surface area (Å²) in [5, 5.41) is 17.8. The molecule has 0 bridgehead atoms. The van der Waals surface area contributed by atoms with Crippen molar-refractivity contribution in [2.75, 3.05) is 0 Å².